The number of aromatic nitrogens is 2. The molecule has 0 unspecified atom stereocenters. The lowest BCUT2D eigenvalue weighted by molar-refractivity contribution is 0.0600. The second-order valence-corrected chi connectivity index (χ2v) is 5.78. The van der Waals surface area contributed by atoms with Gasteiger partial charge in [-0.05, 0) is 42.5 Å². The zero-order valence-corrected chi connectivity index (χ0v) is 15.0. The van der Waals surface area contributed by atoms with Gasteiger partial charge in [-0.15, -0.1) is 10.2 Å². The van der Waals surface area contributed by atoms with E-state index in [1.54, 1.807) is 18.2 Å². The van der Waals surface area contributed by atoms with Crippen LogP contribution in [0.4, 0.5) is 15.9 Å². The fourth-order valence-corrected chi connectivity index (χ4v) is 2.41. The van der Waals surface area contributed by atoms with Gasteiger partial charge in [0.2, 0.25) is 0 Å². The van der Waals surface area contributed by atoms with E-state index < -0.39 is 11.8 Å². The predicted molar refractivity (Wildman–Crippen MR) is 101 cm³/mol. The summed E-state index contributed by atoms with van der Waals surface area (Å²) in [4.78, 5) is 23.7. The summed E-state index contributed by atoms with van der Waals surface area (Å²) in [6, 6.07) is 16.0. The number of benzene rings is 2. The highest BCUT2D eigenvalue weighted by Gasteiger charge is 2.11. The Morgan fingerprint density at radius 2 is 1.82 bits per heavy atom. The molecule has 1 aromatic heterocycles. The van der Waals surface area contributed by atoms with Crippen molar-refractivity contribution in [1.29, 1.82) is 0 Å². The van der Waals surface area contributed by atoms with Crippen LogP contribution in [0.5, 0.6) is 0 Å². The Morgan fingerprint density at radius 1 is 1.04 bits per heavy atom. The monoisotopic (exact) mass is 380 g/mol. The Morgan fingerprint density at radius 3 is 2.50 bits per heavy atom. The summed E-state index contributed by atoms with van der Waals surface area (Å²) in [6.45, 7) is 0.0842. The third-order valence-electron chi connectivity index (χ3n) is 3.86. The number of hydrogen-bond acceptors (Lipinski definition) is 6. The number of carbonyl (C=O) groups excluding carboxylic acids is 2. The number of esters is 1. The first-order valence-electron chi connectivity index (χ1n) is 8.37. The van der Waals surface area contributed by atoms with Crippen molar-refractivity contribution in [2.45, 2.75) is 6.54 Å². The number of halogens is 1. The van der Waals surface area contributed by atoms with Gasteiger partial charge in [-0.2, -0.15) is 0 Å². The zero-order chi connectivity index (χ0) is 19.9. The fourth-order valence-electron chi connectivity index (χ4n) is 2.41. The quantitative estimate of drug-likeness (QED) is 0.638. The number of rotatable bonds is 6. The number of amides is 1. The van der Waals surface area contributed by atoms with Crippen LogP contribution in [0.2, 0.25) is 0 Å². The molecule has 0 saturated carbocycles. The van der Waals surface area contributed by atoms with Crippen molar-refractivity contribution < 1.29 is 18.7 Å². The fraction of sp³-hybridized carbons (Fsp3) is 0.100. The number of carbonyl (C=O) groups is 2. The predicted octanol–water partition coefficient (Wildman–Crippen LogP) is 3.27. The number of anilines is 2. The molecule has 0 bridgehead atoms. The maximum Gasteiger partial charge on any atom is 0.337 e. The van der Waals surface area contributed by atoms with Gasteiger partial charge < -0.3 is 15.4 Å². The molecule has 3 rings (SSSR count). The van der Waals surface area contributed by atoms with Gasteiger partial charge in [-0.3, -0.25) is 4.79 Å². The summed E-state index contributed by atoms with van der Waals surface area (Å²) in [6.07, 6.45) is 0. The lowest BCUT2D eigenvalue weighted by Gasteiger charge is -2.08. The molecule has 0 spiro atoms. The smallest absolute Gasteiger partial charge is 0.337 e. The number of hydrogen-bond donors (Lipinski definition) is 2. The molecular formula is C20H17FN4O3. The molecule has 0 saturated heterocycles. The van der Waals surface area contributed by atoms with Gasteiger partial charge >= 0.3 is 5.97 Å². The summed E-state index contributed by atoms with van der Waals surface area (Å²) >= 11 is 0. The Bertz CT molecular complexity index is 979. The van der Waals surface area contributed by atoms with Crippen molar-refractivity contribution >= 4 is 23.4 Å². The lowest BCUT2D eigenvalue weighted by atomic mass is 10.1. The highest BCUT2D eigenvalue weighted by Crippen LogP contribution is 2.14. The van der Waals surface area contributed by atoms with Crippen LogP contribution < -0.4 is 10.6 Å². The van der Waals surface area contributed by atoms with Crippen molar-refractivity contribution in [2.24, 2.45) is 0 Å². The van der Waals surface area contributed by atoms with E-state index in [0.29, 0.717) is 11.5 Å². The van der Waals surface area contributed by atoms with Gasteiger partial charge in [0.05, 0.1) is 12.7 Å². The van der Waals surface area contributed by atoms with Crippen LogP contribution in [0.1, 0.15) is 26.4 Å². The highest BCUT2D eigenvalue weighted by molar-refractivity contribution is 6.02. The van der Waals surface area contributed by atoms with Crippen LogP contribution in [0.15, 0.2) is 60.7 Å². The minimum absolute atomic E-state index is 0.0842. The Balaban J connectivity index is 1.63. The van der Waals surface area contributed by atoms with E-state index in [2.05, 4.69) is 25.6 Å². The normalized spacial score (nSPS) is 10.2. The largest absolute Gasteiger partial charge is 0.465 e. The van der Waals surface area contributed by atoms with E-state index in [4.69, 9.17) is 0 Å². The zero-order valence-electron chi connectivity index (χ0n) is 15.0. The van der Waals surface area contributed by atoms with Crippen molar-refractivity contribution in [3.8, 4) is 0 Å². The van der Waals surface area contributed by atoms with Crippen LogP contribution in [-0.2, 0) is 11.3 Å². The van der Waals surface area contributed by atoms with E-state index in [9.17, 15) is 14.0 Å². The number of methoxy groups -OCH3 is 1. The molecule has 0 aliphatic rings. The molecule has 3 aromatic rings. The van der Waals surface area contributed by atoms with Crippen molar-refractivity contribution in [3.63, 3.8) is 0 Å². The second kappa shape index (κ2) is 8.72. The van der Waals surface area contributed by atoms with Gasteiger partial charge in [-0.1, -0.05) is 18.2 Å². The summed E-state index contributed by atoms with van der Waals surface area (Å²) in [5, 5.41) is 13.4. The molecule has 0 aliphatic heterocycles. The molecule has 2 N–H and O–H groups in total. The molecule has 142 valence electrons. The van der Waals surface area contributed by atoms with E-state index in [1.807, 2.05) is 18.2 Å². The van der Waals surface area contributed by atoms with Crippen LogP contribution >= 0.6 is 0 Å². The average Bonchev–Trinajstić information content (AvgIpc) is 2.73. The Kier molecular flexibility index (Phi) is 5.91. The number of nitrogens with one attached hydrogen (secondary N) is 2. The topological polar surface area (TPSA) is 93.2 Å². The number of ether oxygens (including phenoxy) is 1. The maximum atomic E-state index is 13.9. The third-order valence-corrected chi connectivity index (χ3v) is 3.86. The number of para-hydroxylation sites is 1. The molecule has 8 heteroatoms. The maximum absolute atomic E-state index is 13.9. The average molecular weight is 380 g/mol. The van der Waals surface area contributed by atoms with Gasteiger partial charge in [-0.25, -0.2) is 9.18 Å². The summed E-state index contributed by atoms with van der Waals surface area (Å²) in [5.74, 6) is -1.04. The lowest BCUT2D eigenvalue weighted by Crippen LogP contribution is -2.15. The first-order valence-corrected chi connectivity index (χ1v) is 8.37. The SMILES string of the molecule is COC(=O)c1ccc(F)c(CNc2ccc(C(=O)Nc3ccccc3)nn2)c1. The van der Waals surface area contributed by atoms with Crippen LogP contribution in [0, 0.1) is 5.82 Å². The first-order chi connectivity index (χ1) is 13.6. The van der Waals surface area contributed by atoms with Gasteiger partial charge in [0.15, 0.2) is 5.69 Å². The Hall–Kier alpha value is -3.81. The molecule has 0 radical (unpaired) electrons. The van der Waals surface area contributed by atoms with Gasteiger partial charge in [0.25, 0.3) is 5.91 Å². The van der Waals surface area contributed by atoms with Gasteiger partial charge in [0.1, 0.15) is 11.6 Å². The molecule has 0 atom stereocenters. The molecule has 1 amide bonds. The minimum Gasteiger partial charge on any atom is -0.465 e. The van der Waals surface area contributed by atoms with E-state index in [0.717, 1.165) is 0 Å². The minimum atomic E-state index is -0.546. The first kappa shape index (κ1) is 19.0. The third kappa shape index (κ3) is 4.67. The molecule has 28 heavy (non-hydrogen) atoms. The summed E-state index contributed by atoms with van der Waals surface area (Å²) in [5.41, 5.74) is 1.32. The van der Waals surface area contributed by atoms with E-state index >= 15 is 0 Å². The summed E-state index contributed by atoms with van der Waals surface area (Å²) in [7, 11) is 1.26. The van der Waals surface area contributed by atoms with Crippen molar-refractivity contribution in [1.82, 2.24) is 10.2 Å². The highest BCUT2D eigenvalue weighted by atomic mass is 19.1. The Labute approximate surface area is 160 Å². The van der Waals surface area contributed by atoms with Crippen molar-refractivity contribution in [3.05, 3.63) is 83.3 Å². The van der Waals surface area contributed by atoms with Crippen molar-refractivity contribution in [2.75, 3.05) is 17.7 Å². The molecular weight excluding hydrogens is 363 g/mol. The molecule has 1 heterocycles. The van der Waals surface area contributed by atoms with Gasteiger partial charge in [0, 0.05) is 17.8 Å². The second-order valence-electron chi connectivity index (χ2n) is 5.78. The standard InChI is InChI=1S/C20H17FN4O3/c1-28-20(27)13-7-8-16(21)14(11-13)12-22-18-10-9-17(24-25-18)19(26)23-15-5-3-2-4-6-15/h2-11H,12H2,1H3,(H,22,25)(H,23,26). The van der Waals surface area contributed by atoms with Crippen LogP contribution in [0.25, 0.3) is 0 Å². The molecule has 7 nitrogen and oxygen atoms in total. The van der Waals surface area contributed by atoms with Crippen LogP contribution in [-0.4, -0.2) is 29.2 Å². The molecule has 0 aliphatic carbocycles. The molecule has 0 fully saturated rings. The number of nitrogens with zero attached hydrogens (tertiary/aromatic N) is 2. The van der Waals surface area contributed by atoms with Crippen LogP contribution in [0.3, 0.4) is 0 Å². The molecule has 2 aromatic carbocycles. The van der Waals surface area contributed by atoms with E-state index in [1.165, 1.54) is 31.4 Å². The van der Waals surface area contributed by atoms with E-state index in [-0.39, 0.29) is 29.3 Å². The summed E-state index contributed by atoms with van der Waals surface area (Å²) < 4.78 is 18.6.